The van der Waals surface area contributed by atoms with Crippen LogP contribution in [0, 0.1) is 18.3 Å². The smallest absolute Gasteiger partial charge is 0.311 e. The van der Waals surface area contributed by atoms with Gasteiger partial charge >= 0.3 is 5.97 Å². The molecular weight excluding hydrogens is 256 g/mol. The summed E-state index contributed by atoms with van der Waals surface area (Å²) in [4.78, 5) is 16.1. The summed E-state index contributed by atoms with van der Waals surface area (Å²) < 4.78 is 5.22. The fourth-order valence-electron chi connectivity index (χ4n) is 2.61. The fourth-order valence-corrected chi connectivity index (χ4v) is 2.61. The lowest BCUT2D eigenvalue weighted by atomic mass is 9.78. The van der Waals surface area contributed by atoms with E-state index in [2.05, 4.69) is 4.98 Å². The molecule has 1 fully saturated rings. The summed E-state index contributed by atoms with van der Waals surface area (Å²) in [5.74, 6) is 0.380. The van der Waals surface area contributed by atoms with Gasteiger partial charge in [0.25, 0.3) is 0 Å². The monoisotopic (exact) mass is 278 g/mol. The Bertz CT molecular complexity index is 500. The maximum atomic E-state index is 11.7. The largest absolute Gasteiger partial charge is 0.497 e. The van der Waals surface area contributed by atoms with Gasteiger partial charge < -0.3 is 15.6 Å². The van der Waals surface area contributed by atoms with Gasteiger partial charge in [-0.25, -0.2) is 0 Å². The van der Waals surface area contributed by atoms with E-state index < -0.39 is 11.4 Å². The molecule has 0 saturated heterocycles. The van der Waals surface area contributed by atoms with Gasteiger partial charge in [0, 0.05) is 36.5 Å². The molecule has 0 bridgehead atoms. The number of carboxylic acids is 1. The number of carboxylic acid groups (broad SMARTS) is 1. The first-order valence-corrected chi connectivity index (χ1v) is 6.94. The zero-order valence-electron chi connectivity index (χ0n) is 12.1. The van der Waals surface area contributed by atoms with Gasteiger partial charge in [0.15, 0.2) is 0 Å². The second kappa shape index (κ2) is 5.79. The molecule has 1 atom stereocenters. The molecule has 3 N–H and O–H groups in total. The number of nitrogens with two attached hydrogens (primary N) is 1. The number of ether oxygens (including phenoxy) is 1. The minimum Gasteiger partial charge on any atom is -0.497 e. The van der Waals surface area contributed by atoms with E-state index in [1.807, 2.05) is 13.0 Å². The normalized spacial score (nSPS) is 17.6. The van der Waals surface area contributed by atoms with Crippen LogP contribution >= 0.6 is 0 Å². The Morgan fingerprint density at radius 1 is 1.55 bits per heavy atom. The highest BCUT2D eigenvalue weighted by Crippen LogP contribution is 2.42. The number of hydrogen-bond acceptors (Lipinski definition) is 4. The van der Waals surface area contributed by atoms with E-state index in [9.17, 15) is 9.90 Å². The highest BCUT2D eigenvalue weighted by atomic mass is 16.5. The van der Waals surface area contributed by atoms with E-state index in [0.717, 1.165) is 24.2 Å². The van der Waals surface area contributed by atoms with Gasteiger partial charge in [-0.1, -0.05) is 12.8 Å². The van der Waals surface area contributed by atoms with Crippen LogP contribution in [0.15, 0.2) is 12.1 Å². The van der Waals surface area contributed by atoms with Crippen molar-refractivity contribution < 1.29 is 14.6 Å². The summed E-state index contributed by atoms with van der Waals surface area (Å²) in [6, 6.07) is 3.63. The van der Waals surface area contributed by atoms with Gasteiger partial charge in [-0.2, -0.15) is 0 Å². The lowest BCUT2D eigenvalue weighted by Gasteiger charge is -2.28. The van der Waals surface area contributed by atoms with Gasteiger partial charge in [-0.3, -0.25) is 9.78 Å². The van der Waals surface area contributed by atoms with E-state index in [0.29, 0.717) is 24.5 Å². The second-order valence-electron chi connectivity index (χ2n) is 5.75. The van der Waals surface area contributed by atoms with Crippen LogP contribution in [0.5, 0.6) is 5.75 Å². The molecule has 1 heterocycles. The Kier molecular flexibility index (Phi) is 4.28. The first-order chi connectivity index (χ1) is 9.49. The van der Waals surface area contributed by atoms with Crippen molar-refractivity contribution in [3.05, 3.63) is 23.5 Å². The third-order valence-electron chi connectivity index (χ3n) is 3.96. The lowest BCUT2D eigenvalue weighted by molar-refractivity contribution is -0.149. The Hall–Kier alpha value is -1.62. The highest BCUT2D eigenvalue weighted by molar-refractivity contribution is 5.75. The summed E-state index contributed by atoms with van der Waals surface area (Å²) in [6.07, 6.45) is 3.21. The third kappa shape index (κ3) is 3.28. The second-order valence-corrected chi connectivity index (χ2v) is 5.75. The maximum Gasteiger partial charge on any atom is 0.311 e. The molecule has 1 unspecified atom stereocenters. The molecule has 0 amide bonds. The SMILES string of the molecule is COc1cc(C)nc(CC(CN)(CC2CC2)C(=O)O)c1. The molecule has 1 aromatic heterocycles. The number of aromatic nitrogens is 1. The molecule has 0 radical (unpaired) electrons. The van der Waals surface area contributed by atoms with Crippen molar-refractivity contribution >= 4 is 5.97 Å². The topological polar surface area (TPSA) is 85.4 Å². The van der Waals surface area contributed by atoms with Crippen LogP contribution in [-0.2, 0) is 11.2 Å². The van der Waals surface area contributed by atoms with Crippen molar-refractivity contribution in [1.29, 1.82) is 0 Å². The van der Waals surface area contributed by atoms with Crippen molar-refractivity contribution in [3.8, 4) is 5.75 Å². The average molecular weight is 278 g/mol. The van der Waals surface area contributed by atoms with Gasteiger partial charge in [-0.15, -0.1) is 0 Å². The summed E-state index contributed by atoms with van der Waals surface area (Å²) in [7, 11) is 1.59. The molecule has 1 saturated carbocycles. The Balaban J connectivity index is 2.26. The van der Waals surface area contributed by atoms with Crippen LogP contribution in [0.4, 0.5) is 0 Å². The standard InChI is InChI=1S/C15H22N2O3/c1-10-5-13(20-2)6-12(17-10)8-15(9-16,14(18)19)7-11-3-4-11/h5-6,11H,3-4,7-9,16H2,1-2H3,(H,18,19). The molecule has 2 rings (SSSR count). The van der Waals surface area contributed by atoms with E-state index in [1.54, 1.807) is 13.2 Å². The van der Waals surface area contributed by atoms with Crippen molar-refractivity contribution in [2.75, 3.05) is 13.7 Å². The minimum atomic E-state index is -0.910. The molecule has 0 aliphatic heterocycles. The summed E-state index contributed by atoms with van der Waals surface area (Å²) >= 11 is 0. The molecule has 1 aromatic rings. The molecule has 5 heteroatoms. The van der Waals surface area contributed by atoms with Gasteiger partial charge in [-0.05, 0) is 19.3 Å². The van der Waals surface area contributed by atoms with E-state index >= 15 is 0 Å². The number of nitrogens with zero attached hydrogens (tertiary/aromatic N) is 1. The van der Waals surface area contributed by atoms with Crippen LogP contribution in [0.1, 0.15) is 30.7 Å². The van der Waals surface area contributed by atoms with Crippen molar-refractivity contribution in [2.45, 2.75) is 32.6 Å². The average Bonchev–Trinajstić information content (AvgIpc) is 3.20. The van der Waals surface area contributed by atoms with E-state index in [1.165, 1.54) is 0 Å². The molecule has 1 aliphatic carbocycles. The zero-order chi connectivity index (χ0) is 14.8. The van der Waals surface area contributed by atoms with Crippen LogP contribution in [0.3, 0.4) is 0 Å². The van der Waals surface area contributed by atoms with E-state index in [4.69, 9.17) is 10.5 Å². The quantitative estimate of drug-likeness (QED) is 0.794. The van der Waals surface area contributed by atoms with E-state index in [-0.39, 0.29) is 6.54 Å². The Morgan fingerprint density at radius 3 is 2.75 bits per heavy atom. The number of hydrogen-bond donors (Lipinski definition) is 2. The maximum absolute atomic E-state index is 11.7. The Morgan fingerprint density at radius 2 is 2.25 bits per heavy atom. The molecule has 5 nitrogen and oxygen atoms in total. The number of methoxy groups -OCH3 is 1. The number of rotatable bonds is 7. The number of aliphatic carboxylic acids is 1. The predicted molar refractivity (Wildman–Crippen MR) is 75.7 cm³/mol. The van der Waals surface area contributed by atoms with Gasteiger partial charge in [0.2, 0.25) is 0 Å². The van der Waals surface area contributed by atoms with Gasteiger partial charge in [0.1, 0.15) is 5.75 Å². The minimum absolute atomic E-state index is 0.136. The first-order valence-electron chi connectivity index (χ1n) is 6.94. The van der Waals surface area contributed by atoms with Crippen molar-refractivity contribution in [3.63, 3.8) is 0 Å². The highest BCUT2D eigenvalue weighted by Gasteiger charge is 2.42. The summed E-state index contributed by atoms with van der Waals surface area (Å²) in [5, 5.41) is 9.62. The van der Waals surface area contributed by atoms with Gasteiger partial charge in [0.05, 0.1) is 12.5 Å². The molecule has 20 heavy (non-hydrogen) atoms. The summed E-state index contributed by atoms with van der Waals surface area (Å²) in [6.45, 7) is 2.01. The van der Waals surface area contributed by atoms with Crippen molar-refractivity contribution in [2.24, 2.45) is 17.1 Å². The van der Waals surface area contributed by atoms with Crippen LogP contribution < -0.4 is 10.5 Å². The fraction of sp³-hybridized carbons (Fsp3) is 0.600. The Labute approximate surface area is 119 Å². The number of carbonyl (C=O) groups is 1. The molecular formula is C15H22N2O3. The first kappa shape index (κ1) is 14.8. The third-order valence-corrected chi connectivity index (χ3v) is 3.96. The molecule has 0 aromatic carbocycles. The zero-order valence-corrected chi connectivity index (χ0v) is 12.1. The lowest BCUT2D eigenvalue weighted by Crippen LogP contribution is -2.41. The van der Waals surface area contributed by atoms with Crippen LogP contribution in [0.2, 0.25) is 0 Å². The van der Waals surface area contributed by atoms with Crippen LogP contribution in [-0.4, -0.2) is 29.7 Å². The predicted octanol–water partition coefficient (Wildman–Crippen LogP) is 1.77. The van der Waals surface area contributed by atoms with Crippen LogP contribution in [0.25, 0.3) is 0 Å². The molecule has 0 spiro atoms. The summed E-state index contributed by atoms with van der Waals surface area (Å²) in [5.41, 5.74) is 6.44. The molecule has 1 aliphatic rings. The van der Waals surface area contributed by atoms with Crippen molar-refractivity contribution in [1.82, 2.24) is 4.98 Å². The number of pyridine rings is 1. The number of aryl methyl sites for hydroxylation is 1. The molecule has 110 valence electrons.